The van der Waals surface area contributed by atoms with E-state index < -0.39 is 0 Å². The first-order valence-corrected chi connectivity index (χ1v) is 7.19. The molecule has 1 amide bonds. The van der Waals surface area contributed by atoms with Gasteiger partial charge in [0.1, 0.15) is 0 Å². The van der Waals surface area contributed by atoms with E-state index in [0.717, 1.165) is 32.5 Å². The zero-order valence-corrected chi connectivity index (χ0v) is 11.9. The molecule has 104 valence electrons. The molecule has 2 atom stereocenters. The number of aryl methyl sites for hydroxylation is 1. The van der Waals surface area contributed by atoms with E-state index in [4.69, 9.17) is 0 Å². The van der Waals surface area contributed by atoms with Gasteiger partial charge in [-0.3, -0.25) is 4.79 Å². The summed E-state index contributed by atoms with van der Waals surface area (Å²) in [4.78, 5) is 12.1. The lowest BCUT2D eigenvalue weighted by molar-refractivity contribution is -0.125. The fourth-order valence-electron chi connectivity index (χ4n) is 2.71. The number of piperidine rings is 1. The highest BCUT2D eigenvalue weighted by molar-refractivity contribution is 5.79. The van der Waals surface area contributed by atoms with Crippen LogP contribution in [0.1, 0.15) is 24.5 Å². The van der Waals surface area contributed by atoms with Crippen molar-refractivity contribution in [3.63, 3.8) is 0 Å². The molecule has 19 heavy (non-hydrogen) atoms. The maximum Gasteiger partial charge on any atom is 0.224 e. The van der Waals surface area contributed by atoms with Crippen molar-refractivity contribution >= 4 is 5.91 Å². The summed E-state index contributed by atoms with van der Waals surface area (Å²) in [5.74, 6) is 0.939. The molecule has 2 unspecified atom stereocenters. The number of carbonyl (C=O) groups excluding carboxylic acids is 1. The Bertz CT molecular complexity index is 431. The largest absolute Gasteiger partial charge is 0.355 e. The van der Waals surface area contributed by atoms with Gasteiger partial charge in [-0.1, -0.05) is 31.2 Å². The molecule has 1 fully saturated rings. The quantitative estimate of drug-likeness (QED) is 0.868. The Morgan fingerprint density at radius 1 is 1.37 bits per heavy atom. The van der Waals surface area contributed by atoms with E-state index in [2.05, 4.69) is 42.7 Å². The van der Waals surface area contributed by atoms with Crippen LogP contribution in [0.5, 0.6) is 0 Å². The zero-order valence-electron chi connectivity index (χ0n) is 11.9. The molecule has 0 aliphatic carbocycles. The molecular formula is C16H24N2O. The summed E-state index contributed by atoms with van der Waals surface area (Å²) in [6, 6.07) is 8.35. The van der Waals surface area contributed by atoms with Crippen LogP contribution in [0.2, 0.25) is 0 Å². The molecule has 3 nitrogen and oxygen atoms in total. The number of rotatable bonds is 4. The van der Waals surface area contributed by atoms with Gasteiger partial charge in [0.05, 0.1) is 5.92 Å². The number of hydrogen-bond acceptors (Lipinski definition) is 2. The third-order valence-corrected chi connectivity index (χ3v) is 3.90. The van der Waals surface area contributed by atoms with E-state index in [1.165, 1.54) is 11.1 Å². The van der Waals surface area contributed by atoms with Gasteiger partial charge in [0.15, 0.2) is 0 Å². The molecule has 0 aromatic heterocycles. The summed E-state index contributed by atoms with van der Waals surface area (Å²) in [7, 11) is 0. The van der Waals surface area contributed by atoms with E-state index in [-0.39, 0.29) is 11.8 Å². The minimum atomic E-state index is 0.139. The van der Waals surface area contributed by atoms with Crippen LogP contribution in [0.3, 0.4) is 0 Å². The molecule has 3 heteroatoms. The van der Waals surface area contributed by atoms with Crippen molar-refractivity contribution in [1.29, 1.82) is 0 Å². The maximum absolute atomic E-state index is 12.1. The Morgan fingerprint density at radius 2 is 2.16 bits per heavy atom. The normalized spacial score (nSPS) is 23.1. The van der Waals surface area contributed by atoms with E-state index in [0.29, 0.717) is 5.92 Å². The molecule has 0 spiro atoms. The first-order chi connectivity index (χ1) is 9.16. The predicted octanol–water partition coefficient (Wildman–Crippen LogP) is 1.90. The van der Waals surface area contributed by atoms with Crippen LogP contribution in [0.25, 0.3) is 0 Å². The van der Waals surface area contributed by atoms with Gasteiger partial charge in [-0.25, -0.2) is 0 Å². The fraction of sp³-hybridized carbons (Fsp3) is 0.562. The molecule has 2 rings (SSSR count). The zero-order chi connectivity index (χ0) is 13.7. The lowest BCUT2D eigenvalue weighted by Crippen LogP contribution is -2.43. The predicted molar refractivity (Wildman–Crippen MR) is 78.0 cm³/mol. The molecular weight excluding hydrogens is 236 g/mol. The van der Waals surface area contributed by atoms with E-state index >= 15 is 0 Å². The molecule has 1 aromatic rings. The molecule has 0 saturated carbocycles. The molecule has 0 bridgehead atoms. The molecule has 1 aromatic carbocycles. The van der Waals surface area contributed by atoms with Crippen molar-refractivity contribution < 1.29 is 4.79 Å². The highest BCUT2D eigenvalue weighted by Crippen LogP contribution is 2.15. The monoisotopic (exact) mass is 260 g/mol. The average molecular weight is 260 g/mol. The number of amides is 1. The van der Waals surface area contributed by atoms with Crippen LogP contribution in [0, 0.1) is 18.8 Å². The van der Waals surface area contributed by atoms with Gasteiger partial charge < -0.3 is 10.6 Å². The Morgan fingerprint density at radius 3 is 2.89 bits per heavy atom. The molecule has 1 aliphatic heterocycles. The second-order valence-electron chi connectivity index (χ2n) is 5.66. The van der Waals surface area contributed by atoms with Crippen LogP contribution >= 0.6 is 0 Å². The number of hydrogen-bond donors (Lipinski definition) is 2. The average Bonchev–Trinajstić information content (AvgIpc) is 2.41. The van der Waals surface area contributed by atoms with Crippen molar-refractivity contribution in [2.45, 2.75) is 26.7 Å². The van der Waals surface area contributed by atoms with E-state index in [1.807, 2.05) is 6.07 Å². The van der Waals surface area contributed by atoms with Crippen molar-refractivity contribution in [3.05, 3.63) is 35.4 Å². The van der Waals surface area contributed by atoms with Crippen molar-refractivity contribution in [1.82, 2.24) is 10.6 Å². The topological polar surface area (TPSA) is 41.1 Å². The highest BCUT2D eigenvalue weighted by Gasteiger charge is 2.24. The Kier molecular flexibility index (Phi) is 4.97. The molecule has 1 heterocycles. The number of carbonyl (C=O) groups is 1. The Hall–Kier alpha value is -1.35. The first kappa shape index (κ1) is 14.1. The lowest BCUT2D eigenvalue weighted by atomic mass is 9.91. The minimum Gasteiger partial charge on any atom is -0.355 e. The van der Waals surface area contributed by atoms with Crippen LogP contribution in [-0.2, 0) is 11.2 Å². The van der Waals surface area contributed by atoms with Crippen LogP contribution in [0.15, 0.2) is 24.3 Å². The molecule has 1 aliphatic rings. The fourth-order valence-corrected chi connectivity index (χ4v) is 2.71. The van der Waals surface area contributed by atoms with Gasteiger partial charge in [0, 0.05) is 13.1 Å². The summed E-state index contributed by atoms with van der Waals surface area (Å²) < 4.78 is 0. The van der Waals surface area contributed by atoms with E-state index in [9.17, 15) is 4.79 Å². The maximum atomic E-state index is 12.1. The highest BCUT2D eigenvalue weighted by atomic mass is 16.1. The third-order valence-electron chi connectivity index (χ3n) is 3.90. The van der Waals surface area contributed by atoms with Gasteiger partial charge in [0.2, 0.25) is 5.91 Å². The second-order valence-corrected chi connectivity index (χ2v) is 5.66. The molecule has 2 N–H and O–H groups in total. The standard InChI is InChI=1S/C16H24N2O/c1-12-9-15(11-17-10-12)16(19)18-8-7-14-6-4-3-5-13(14)2/h3-6,12,15,17H,7-11H2,1-2H3,(H,18,19). The van der Waals surface area contributed by atoms with Gasteiger partial charge >= 0.3 is 0 Å². The van der Waals surface area contributed by atoms with Gasteiger partial charge in [0.25, 0.3) is 0 Å². The Balaban J connectivity index is 1.76. The smallest absolute Gasteiger partial charge is 0.224 e. The van der Waals surface area contributed by atoms with Gasteiger partial charge in [-0.05, 0) is 43.4 Å². The summed E-state index contributed by atoms with van der Waals surface area (Å²) in [6.45, 7) is 6.89. The number of benzene rings is 1. The summed E-state index contributed by atoms with van der Waals surface area (Å²) in [6.07, 6.45) is 1.91. The summed E-state index contributed by atoms with van der Waals surface area (Å²) in [5, 5.41) is 6.39. The van der Waals surface area contributed by atoms with Crippen molar-refractivity contribution in [2.75, 3.05) is 19.6 Å². The van der Waals surface area contributed by atoms with Crippen LogP contribution in [0.4, 0.5) is 0 Å². The van der Waals surface area contributed by atoms with E-state index in [1.54, 1.807) is 0 Å². The second kappa shape index (κ2) is 6.71. The van der Waals surface area contributed by atoms with Crippen molar-refractivity contribution in [2.24, 2.45) is 11.8 Å². The van der Waals surface area contributed by atoms with Gasteiger partial charge in [-0.15, -0.1) is 0 Å². The van der Waals surface area contributed by atoms with Crippen molar-refractivity contribution in [3.8, 4) is 0 Å². The van der Waals surface area contributed by atoms with Crippen LogP contribution in [-0.4, -0.2) is 25.5 Å². The summed E-state index contributed by atoms with van der Waals surface area (Å²) >= 11 is 0. The first-order valence-electron chi connectivity index (χ1n) is 7.19. The minimum absolute atomic E-state index is 0.139. The Labute approximate surface area is 115 Å². The third kappa shape index (κ3) is 4.06. The van der Waals surface area contributed by atoms with Crippen LogP contribution < -0.4 is 10.6 Å². The molecule has 0 radical (unpaired) electrons. The molecule has 1 saturated heterocycles. The SMILES string of the molecule is Cc1ccccc1CCNC(=O)C1CNCC(C)C1. The lowest BCUT2D eigenvalue weighted by Gasteiger charge is -2.26. The summed E-state index contributed by atoms with van der Waals surface area (Å²) in [5.41, 5.74) is 2.61. The van der Waals surface area contributed by atoms with Gasteiger partial charge in [-0.2, -0.15) is 0 Å². The number of nitrogens with one attached hydrogen (secondary N) is 2.